The van der Waals surface area contributed by atoms with Crippen molar-refractivity contribution in [3.63, 3.8) is 0 Å². The highest BCUT2D eigenvalue weighted by Crippen LogP contribution is 2.21. The lowest BCUT2D eigenvalue weighted by molar-refractivity contribution is -0.121. The Labute approximate surface area is 148 Å². The van der Waals surface area contributed by atoms with E-state index >= 15 is 0 Å². The summed E-state index contributed by atoms with van der Waals surface area (Å²) < 4.78 is 5.34. The molecule has 136 valence electrons. The van der Waals surface area contributed by atoms with Gasteiger partial charge in [-0.1, -0.05) is 12.1 Å². The molecule has 0 unspecified atom stereocenters. The third-order valence-electron chi connectivity index (χ3n) is 3.97. The van der Waals surface area contributed by atoms with Crippen molar-refractivity contribution >= 4 is 30.3 Å². The van der Waals surface area contributed by atoms with Crippen LogP contribution in [0.5, 0.6) is 0 Å². The first kappa shape index (κ1) is 19.3. The Kier molecular flexibility index (Phi) is 6.08. The fourth-order valence-electron chi connectivity index (χ4n) is 2.67. The number of hydrogen-bond acceptors (Lipinski definition) is 5. The number of piperidine rings is 1. The minimum atomic E-state index is -1.58. The van der Waals surface area contributed by atoms with Crippen molar-refractivity contribution in [1.82, 2.24) is 4.90 Å². The number of nitrogens with one attached hydrogen (secondary N) is 1. The molecule has 1 aromatic carbocycles. The number of rotatable bonds is 3. The summed E-state index contributed by atoms with van der Waals surface area (Å²) in [7, 11) is -1.58. The molecule has 1 fully saturated rings. The Bertz CT molecular complexity index is 622. The average molecular weight is 348 g/mol. The van der Waals surface area contributed by atoms with E-state index in [4.69, 9.17) is 4.74 Å². The maximum atomic E-state index is 12.4. The fourth-order valence-corrected chi connectivity index (χ4v) is 2.67. The van der Waals surface area contributed by atoms with Gasteiger partial charge in [-0.15, -0.1) is 0 Å². The molecule has 0 aliphatic carbocycles. The third-order valence-corrected chi connectivity index (χ3v) is 3.97. The van der Waals surface area contributed by atoms with E-state index in [-0.39, 0.29) is 17.9 Å². The summed E-state index contributed by atoms with van der Waals surface area (Å²) >= 11 is 0. The Hall–Kier alpha value is -2.06. The number of likely N-dealkylation sites (tertiary alicyclic amines) is 1. The summed E-state index contributed by atoms with van der Waals surface area (Å²) in [5.41, 5.74) is 0.302. The van der Waals surface area contributed by atoms with E-state index in [9.17, 15) is 19.6 Å². The smallest absolute Gasteiger partial charge is 0.444 e. The zero-order valence-corrected chi connectivity index (χ0v) is 14.9. The SMILES string of the molecule is CC(C)(C)OC(=O)N1CCC(C(=O)Nc2cccc(B(O)O)c2)CC1. The van der Waals surface area contributed by atoms with Gasteiger partial charge in [-0.2, -0.15) is 0 Å². The lowest BCUT2D eigenvalue weighted by Crippen LogP contribution is -2.43. The summed E-state index contributed by atoms with van der Waals surface area (Å²) in [6.45, 7) is 6.42. The van der Waals surface area contributed by atoms with Crippen LogP contribution in [0.3, 0.4) is 0 Å². The van der Waals surface area contributed by atoms with Gasteiger partial charge in [-0.3, -0.25) is 4.79 Å². The van der Waals surface area contributed by atoms with Crippen LogP contribution < -0.4 is 10.8 Å². The standard InChI is InChI=1S/C17H25BN2O5/c1-17(2,3)25-16(22)20-9-7-12(8-10-20)15(21)19-14-6-4-5-13(11-14)18(23)24/h4-6,11-12,23-24H,7-10H2,1-3H3,(H,19,21). The topological polar surface area (TPSA) is 99.1 Å². The van der Waals surface area contributed by atoms with Crippen LogP contribution in [0.25, 0.3) is 0 Å². The average Bonchev–Trinajstić information content (AvgIpc) is 2.53. The number of carbonyl (C=O) groups excluding carboxylic acids is 2. The number of hydrogen-bond donors (Lipinski definition) is 3. The van der Waals surface area contributed by atoms with Gasteiger partial charge < -0.3 is 25.0 Å². The molecule has 2 amide bonds. The largest absolute Gasteiger partial charge is 0.488 e. The summed E-state index contributed by atoms with van der Waals surface area (Å²) in [4.78, 5) is 26.0. The van der Waals surface area contributed by atoms with Gasteiger partial charge in [0, 0.05) is 24.7 Å². The molecule has 2 rings (SSSR count). The number of ether oxygens (including phenoxy) is 1. The zero-order valence-electron chi connectivity index (χ0n) is 14.9. The molecule has 1 heterocycles. The van der Waals surface area contributed by atoms with Crippen LogP contribution in [0.15, 0.2) is 24.3 Å². The first-order valence-corrected chi connectivity index (χ1v) is 8.40. The van der Waals surface area contributed by atoms with Gasteiger partial charge in [-0.05, 0) is 51.2 Å². The van der Waals surface area contributed by atoms with E-state index in [0.717, 1.165) is 0 Å². The number of amides is 2. The van der Waals surface area contributed by atoms with Crippen LogP contribution in [0.2, 0.25) is 0 Å². The molecule has 0 bridgehead atoms. The molecule has 7 nitrogen and oxygen atoms in total. The molecule has 25 heavy (non-hydrogen) atoms. The molecule has 1 saturated heterocycles. The van der Waals surface area contributed by atoms with Crippen LogP contribution in [-0.2, 0) is 9.53 Å². The van der Waals surface area contributed by atoms with Crippen molar-refractivity contribution in [2.24, 2.45) is 5.92 Å². The maximum Gasteiger partial charge on any atom is 0.488 e. The zero-order chi connectivity index (χ0) is 18.6. The second-order valence-corrected chi connectivity index (χ2v) is 7.23. The number of carbonyl (C=O) groups is 2. The molecular weight excluding hydrogens is 323 g/mol. The van der Waals surface area contributed by atoms with Gasteiger partial charge in [-0.25, -0.2) is 4.79 Å². The van der Waals surface area contributed by atoms with Gasteiger partial charge in [0.15, 0.2) is 0 Å². The molecule has 1 aliphatic rings. The van der Waals surface area contributed by atoms with Crippen molar-refractivity contribution < 1.29 is 24.4 Å². The first-order chi connectivity index (χ1) is 11.7. The van der Waals surface area contributed by atoms with E-state index in [1.165, 1.54) is 6.07 Å². The van der Waals surface area contributed by atoms with Gasteiger partial charge in [0.25, 0.3) is 0 Å². The van der Waals surface area contributed by atoms with Gasteiger partial charge in [0.1, 0.15) is 5.60 Å². The Morgan fingerprint density at radius 1 is 1.24 bits per heavy atom. The third kappa shape index (κ3) is 5.76. The van der Waals surface area contributed by atoms with Crippen LogP contribution in [-0.4, -0.2) is 52.8 Å². The van der Waals surface area contributed by atoms with Crippen molar-refractivity contribution in [3.8, 4) is 0 Å². The van der Waals surface area contributed by atoms with E-state index in [0.29, 0.717) is 37.1 Å². The van der Waals surface area contributed by atoms with Crippen LogP contribution in [0, 0.1) is 5.92 Å². The molecule has 0 spiro atoms. The highest BCUT2D eigenvalue weighted by atomic mass is 16.6. The van der Waals surface area contributed by atoms with E-state index in [2.05, 4.69) is 5.32 Å². The molecule has 8 heteroatoms. The van der Waals surface area contributed by atoms with Gasteiger partial charge in [0.2, 0.25) is 5.91 Å². The normalized spacial score (nSPS) is 15.6. The molecule has 1 aromatic rings. The van der Waals surface area contributed by atoms with E-state index in [1.807, 2.05) is 20.8 Å². The minimum absolute atomic E-state index is 0.131. The number of anilines is 1. The highest BCUT2D eigenvalue weighted by molar-refractivity contribution is 6.58. The van der Waals surface area contributed by atoms with Crippen molar-refractivity contribution in [2.45, 2.75) is 39.2 Å². The summed E-state index contributed by atoms with van der Waals surface area (Å²) in [6, 6.07) is 6.44. The molecule has 0 aromatic heterocycles. The molecular formula is C17H25BN2O5. The maximum absolute atomic E-state index is 12.4. The van der Waals surface area contributed by atoms with Crippen LogP contribution in [0.4, 0.5) is 10.5 Å². The monoisotopic (exact) mass is 348 g/mol. The summed E-state index contributed by atoms with van der Waals surface area (Å²) in [5, 5.41) is 21.2. The highest BCUT2D eigenvalue weighted by Gasteiger charge is 2.30. The van der Waals surface area contributed by atoms with Gasteiger partial charge >= 0.3 is 13.2 Å². The minimum Gasteiger partial charge on any atom is -0.444 e. The Morgan fingerprint density at radius 3 is 2.44 bits per heavy atom. The second-order valence-electron chi connectivity index (χ2n) is 7.23. The molecule has 1 aliphatic heterocycles. The summed E-state index contributed by atoms with van der Waals surface area (Å²) in [5.74, 6) is -0.324. The van der Waals surface area contributed by atoms with Crippen LogP contribution in [0.1, 0.15) is 33.6 Å². The first-order valence-electron chi connectivity index (χ1n) is 8.40. The fraction of sp³-hybridized carbons (Fsp3) is 0.529. The molecule has 3 N–H and O–H groups in total. The Morgan fingerprint density at radius 2 is 1.88 bits per heavy atom. The second kappa shape index (κ2) is 7.88. The molecule has 0 atom stereocenters. The van der Waals surface area contributed by atoms with Crippen molar-refractivity contribution in [3.05, 3.63) is 24.3 Å². The number of benzene rings is 1. The quantitative estimate of drug-likeness (QED) is 0.707. The Balaban J connectivity index is 1.87. The predicted molar refractivity (Wildman–Crippen MR) is 95.4 cm³/mol. The molecule has 0 saturated carbocycles. The van der Waals surface area contributed by atoms with E-state index < -0.39 is 12.7 Å². The predicted octanol–water partition coefficient (Wildman–Crippen LogP) is 0.952. The van der Waals surface area contributed by atoms with Gasteiger partial charge in [0.05, 0.1) is 0 Å². The van der Waals surface area contributed by atoms with Crippen molar-refractivity contribution in [1.29, 1.82) is 0 Å². The summed E-state index contributed by atoms with van der Waals surface area (Å²) in [6.07, 6.45) is 0.775. The number of nitrogens with zero attached hydrogens (tertiary/aromatic N) is 1. The van der Waals surface area contributed by atoms with Crippen LogP contribution >= 0.6 is 0 Å². The molecule has 0 radical (unpaired) electrons. The van der Waals surface area contributed by atoms with E-state index in [1.54, 1.807) is 23.1 Å². The lowest BCUT2D eigenvalue weighted by atomic mass is 9.80. The van der Waals surface area contributed by atoms with Crippen molar-refractivity contribution in [2.75, 3.05) is 18.4 Å². The lowest BCUT2D eigenvalue weighted by Gasteiger charge is -2.32.